The number of rotatable bonds is 1. The van der Waals surface area contributed by atoms with E-state index in [1.54, 1.807) is 0 Å². The second-order valence-corrected chi connectivity index (χ2v) is 6.40. The molecule has 1 N–H and O–H groups in total. The molecule has 3 nitrogen and oxygen atoms in total. The summed E-state index contributed by atoms with van der Waals surface area (Å²) in [6, 6.07) is 5.81. The molecule has 1 aliphatic heterocycles. The molecule has 0 spiro atoms. The maximum Gasteiger partial charge on any atom is 0.497 e. The van der Waals surface area contributed by atoms with Crippen molar-refractivity contribution >= 4 is 35.1 Å². The van der Waals surface area contributed by atoms with E-state index in [0.717, 1.165) is 21.4 Å². The van der Waals surface area contributed by atoms with E-state index in [1.165, 1.54) is 0 Å². The number of aromatic nitrogens is 1. The SMILES string of the molecule is CC1(C)OB(c2ccc(Cl)c3cc[nH]c23)OC1(C)C. The van der Waals surface area contributed by atoms with E-state index in [9.17, 15) is 0 Å². The Balaban J connectivity index is 2.08. The summed E-state index contributed by atoms with van der Waals surface area (Å²) in [4.78, 5) is 3.22. The van der Waals surface area contributed by atoms with Gasteiger partial charge in [0, 0.05) is 27.6 Å². The predicted molar refractivity (Wildman–Crippen MR) is 79.0 cm³/mol. The summed E-state index contributed by atoms with van der Waals surface area (Å²) in [5.41, 5.74) is 1.29. The maximum absolute atomic E-state index is 6.19. The van der Waals surface area contributed by atoms with Gasteiger partial charge in [0.2, 0.25) is 0 Å². The van der Waals surface area contributed by atoms with Crippen LogP contribution in [-0.2, 0) is 9.31 Å². The van der Waals surface area contributed by atoms with Crippen LogP contribution in [0.3, 0.4) is 0 Å². The number of fused-ring (bicyclic) bond motifs is 1. The molecular weight excluding hydrogens is 260 g/mol. The van der Waals surface area contributed by atoms with Gasteiger partial charge in [0.25, 0.3) is 0 Å². The Morgan fingerprint density at radius 3 is 2.32 bits per heavy atom. The summed E-state index contributed by atoms with van der Waals surface area (Å²) in [6.07, 6.45) is 1.88. The van der Waals surface area contributed by atoms with Crippen LogP contribution in [0.2, 0.25) is 5.02 Å². The summed E-state index contributed by atoms with van der Waals surface area (Å²) >= 11 is 6.19. The molecule has 2 heterocycles. The summed E-state index contributed by atoms with van der Waals surface area (Å²) in [5, 5.41) is 1.73. The van der Waals surface area contributed by atoms with E-state index < -0.39 is 0 Å². The number of halogens is 1. The van der Waals surface area contributed by atoms with Crippen LogP contribution in [0.15, 0.2) is 24.4 Å². The molecule has 0 unspecified atom stereocenters. The minimum absolute atomic E-state index is 0.337. The molecule has 0 atom stereocenters. The van der Waals surface area contributed by atoms with Crippen molar-refractivity contribution in [2.45, 2.75) is 38.9 Å². The van der Waals surface area contributed by atoms with Gasteiger partial charge < -0.3 is 14.3 Å². The van der Waals surface area contributed by atoms with Gasteiger partial charge in [0.1, 0.15) is 0 Å². The molecule has 0 amide bonds. The van der Waals surface area contributed by atoms with Crippen molar-refractivity contribution in [3.05, 3.63) is 29.4 Å². The summed E-state index contributed by atoms with van der Waals surface area (Å²) < 4.78 is 12.2. The lowest BCUT2D eigenvalue weighted by Crippen LogP contribution is -2.41. The normalized spacial score (nSPS) is 21.2. The Morgan fingerprint density at radius 1 is 1.05 bits per heavy atom. The molecule has 100 valence electrons. The molecule has 5 heteroatoms. The highest BCUT2D eigenvalue weighted by atomic mass is 35.5. The smallest absolute Gasteiger partial charge is 0.399 e. The lowest BCUT2D eigenvalue weighted by Gasteiger charge is -2.32. The largest absolute Gasteiger partial charge is 0.497 e. The Hall–Kier alpha value is -0.965. The minimum Gasteiger partial charge on any atom is -0.399 e. The molecule has 0 bridgehead atoms. The molecule has 1 saturated heterocycles. The van der Waals surface area contributed by atoms with Crippen LogP contribution in [-0.4, -0.2) is 23.3 Å². The average molecular weight is 278 g/mol. The van der Waals surface area contributed by atoms with Gasteiger partial charge in [-0.25, -0.2) is 0 Å². The van der Waals surface area contributed by atoms with Crippen molar-refractivity contribution in [1.29, 1.82) is 0 Å². The number of benzene rings is 1. The highest BCUT2D eigenvalue weighted by Crippen LogP contribution is 2.37. The quantitative estimate of drug-likeness (QED) is 0.813. The number of hydrogen-bond acceptors (Lipinski definition) is 2. The van der Waals surface area contributed by atoms with Gasteiger partial charge in [0.05, 0.1) is 11.2 Å². The van der Waals surface area contributed by atoms with Crippen molar-refractivity contribution in [2.75, 3.05) is 0 Å². The third-order valence-electron chi connectivity index (χ3n) is 4.21. The third-order valence-corrected chi connectivity index (χ3v) is 4.54. The van der Waals surface area contributed by atoms with Gasteiger partial charge >= 0.3 is 7.12 Å². The molecular formula is C14H17BClNO2. The van der Waals surface area contributed by atoms with Gasteiger partial charge in [-0.1, -0.05) is 17.7 Å². The zero-order chi connectivity index (χ0) is 13.8. The number of nitrogens with one attached hydrogen (secondary N) is 1. The average Bonchev–Trinajstić information content (AvgIpc) is 2.84. The predicted octanol–water partition coefficient (Wildman–Crippen LogP) is 3.12. The van der Waals surface area contributed by atoms with E-state index in [0.29, 0.717) is 0 Å². The molecule has 2 aromatic rings. The van der Waals surface area contributed by atoms with Crippen molar-refractivity contribution < 1.29 is 9.31 Å². The van der Waals surface area contributed by atoms with Gasteiger partial charge in [-0.05, 0) is 39.8 Å². The zero-order valence-electron chi connectivity index (χ0n) is 11.6. The van der Waals surface area contributed by atoms with Crippen molar-refractivity contribution in [2.24, 2.45) is 0 Å². The fourth-order valence-corrected chi connectivity index (χ4v) is 2.53. The van der Waals surface area contributed by atoms with Crippen molar-refractivity contribution in [3.63, 3.8) is 0 Å². The highest BCUT2D eigenvalue weighted by molar-refractivity contribution is 6.65. The maximum atomic E-state index is 6.19. The molecule has 0 aliphatic carbocycles. The van der Waals surface area contributed by atoms with Crippen LogP contribution < -0.4 is 5.46 Å². The monoisotopic (exact) mass is 277 g/mol. The fraction of sp³-hybridized carbons (Fsp3) is 0.429. The number of H-pyrrole nitrogens is 1. The van der Waals surface area contributed by atoms with Crippen LogP contribution in [0.25, 0.3) is 10.9 Å². The van der Waals surface area contributed by atoms with Crippen LogP contribution in [0.1, 0.15) is 27.7 Å². The molecule has 0 saturated carbocycles. The summed E-state index contributed by atoms with van der Waals surface area (Å²) in [6.45, 7) is 8.20. The minimum atomic E-state index is -0.372. The lowest BCUT2D eigenvalue weighted by molar-refractivity contribution is 0.00578. The standard InChI is InChI=1S/C14H17BClNO2/c1-13(2)14(3,4)19-15(18-13)10-5-6-11(16)9-7-8-17-12(9)10/h5-8,17H,1-4H3. The zero-order valence-corrected chi connectivity index (χ0v) is 12.3. The molecule has 19 heavy (non-hydrogen) atoms. The summed E-state index contributed by atoms with van der Waals surface area (Å²) in [5.74, 6) is 0. The van der Waals surface area contributed by atoms with E-state index in [-0.39, 0.29) is 18.3 Å². The van der Waals surface area contributed by atoms with Crippen molar-refractivity contribution in [3.8, 4) is 0 Å². The molecule has 0 radical (unpaired) electrons. The summed E-state index contributed by atoms with van der Waals surface area (Å²) in [7, 11) is -0.372. The molecule has 1 aliphatic rings. The van der Waals surface area contributed by atoms with E-state index in [1.807, 2.05) is 24.4 Å². The van der Waals surface area contributed by atoms with Crippen LogP contribution in [0, 0.1) is 0 Å². The second-order valence-electron chi connectivity index (χ2n) is 5.99. The Labute approximate surface area is 118 Å². The van der Waals surface area contributed by atoms with E-state index >= 15 is 0 Å². The number of aromatic amines is 1. The van der Waals surface area contributed by atoms with Gasteiger partial charge in [-0.15, -0.1) is 0 Å². The highest BCUT2D eigenvalue weighted by Gasteiger charge is 2.52. The fourth-order valence-electron chi connectivity index (χ4n) is 2.31. The third kappa shape index (κ3) is 1.90. The Kier molecular flexibility index (Phi) is 2.75. The lowest BCUT2D eigenvalue weighted by atomic mass is 9.78. The van der Waals surface area contributed by atoms with Gasteiger partial charge in [-0.3, -0.25) is 0 Å². The molecule has 1 aromatic heterocycles. The van der Waals surface area contributed by atoms with E-state index in [4.69, 9.17) is 20.9 Å². The van der Waals surface area contributed by atoms with Crippen molar-refractivity contribution in [1.82, 2.24) is 4.98 Å². The first-order valence-electron chi connectivity index (χ1n) is 6.43. The first kappa shape index (κ1) is 13.0. The first-order chi connectivity index (χ1) is 8.82. The number of hydrogen-bond donors (Lipinski definition) is 1. The second kappa shape index (κ2) is 4.01. The van der Waals surface area contributed by atoms with Gasteiger partial charge in [-0.2, -0.15) is 0 Å². The molecule has 1 aromatic carbocycles. The van der Waals surface area contributed by atoms with E-state index in [2.05, 4.69) is 32.7 Å². The van der Waals surface area contributed by atoms with Crippen LogP contribution >= 0.6 is 11.6 Å². The van der Waals surface area contributed by atoms with Crippen LogP contribution in [0.5, 0.6) is 0 Å². The van der Waals surface area contributed by atoms with Crippen LogP contribution in [0.4, 0.5) is 0 Å². The Morgan fingerprint density at radius 2 is 1.68 bits per heavy atom. The first-order valence-corrected chi connectivity index (χ1v) is 6.81. The molecule has 1 fully saturated rings. The van der Waals surface area contributed by atoms with Gasteiger partial charge in [0.15, 0.2) is 0 Å². The topological polar surface area (TPSA) is 34.2 Å². The molecule has 3 rings (SSSR count). The Bertz CT molecular complexity index is 619.